The lowest BCUT2D eigenvalue weighted by Gasteiger charge is -2.13. The molecule has 0 spiro atoms. The number of nitrogens with one attached hydrogen (secondary N) is 1. The quantitative estimate of drug-likeness (QED) is 0.649. The molecule has 2 aromatic rings. The topological polar surface area (TPSA) is 90.2 Å². The summed E-state index contributed by atoms with van der Waals surface area (Å²) in [5, 5.41) is 14.1. The number of hydrogen-bond acceptors (Lipinski definition) is 6. The number of methoxy groups -OCH3 is 1. The third-order valence-corrected chi connectivity index (χ3v) is 3.11. The molecule has 0 radical (unpaired) electrons. The first-order valence-corrected chi connectivity index (χ1v) is 6.45. The van der Waals surface area contributed by atoms with Crippen molar-refractivity contribution in [2.24, 2.45) is 0 Å². The van der Waals surface area contributed by atoms with Crippen molar-refractivity contribution in [2.75, 3.05) is 19.0 Å². The molecule has 0 aliphatic rings. The maximum Gasteiger partial charge on any atom is 0.372 e. The van der Waals surface area contributed by atoms with Gasteiger partial charge in [-0.05, 0) is 11.5 Å². The van der Waals surface area contributed by atoms with Gasteiger partial charge in [0, 0.05) is 6.54 Å². The van der Waals surface area contributed by atoms with E-state index in [-0.39, 0.29) is 23.3 Å². The van der Waals surface area contributed by atoms with E-state index < -0.39 is 4.92 Å². The maximum absolute atomic E-state index is 11.1. The van der Waals surface area contributed by atoms with Crippen LogP contribution in [-0.2, 0) is 0 Å². The van der Waals surface area contributed by atoms with Gasteiger partial charge in [0.05, 0.1) is 12.0 Å². The molecule has 1 aromatic heterocycles. The van der Waals surface area contributed by atoms with Crippen LogP contribution < -0.4 is 10.1 Å². The van der Waals surface area contributed by atoms with Crippen LogP contribution >= 0.6 is 0 Å². The smallest absolute Gasteiger partial charge is 0.372 e. The molecule has 0 amide bonds. The molecule has 1 heterocycles. The van der Waals surface area contributed by atoms with E-state index in [2.05, 4.69) is 15.3 Å². The zero-order valence-corrected chi connectivity index (χ0v) is 11.8. The molecule has 1 N–H and O–H groups in total. The van der Waals surface area contributed by atoms with E-state index in [1.54, 1.807) is 0 Å². The highest BCUT2D eigenvalue weighted by atomic mass is 16.6. The van der Waals surface area contributed by atoms with Gasteiger partial charge in [-0.1, -0.05) is 37.3 Å². The molecule has 110 valence electrons. The number of nitrogens with zero attached hydrogens (tertiary/aromatic N) is 3. The van der Waals surface area contributed by atoms with E-state index in [1.165, 1.54) is 13.4 Å². The Morgan fingerprint density at radius 3 is 2.67 bits per heavy atom. The monoisotopic (exact) mass is 288 g/mol. The largest absolute Gasteiger partial charge is 0.476 e. The number of hydrogen-bond donors (Lipinski definition) is 1. The molecule has 0 saturated carbocycles. The van der Waals surface area contributed by atoms with E-state index in [1.807, 2.05) is 37.3 Å². The Bertz CT molecular complexity index is 619. The van der Waals surface area contributed by atoms with Gasteiger partial charge >= 0.3 is 5.69 Å². The van der Waals surface area contributed by atoms with Crippen molar-refractivity contribution in [1.29, 1.82) is 0 Å². The van der Waals surface area contributed by atoms with Gasteiger partial charge in [0.25, 0.3) is 5.88 Å². The zero-order valence-electron chi connectivity index (χ0n) is 11.8. The molecule has 0 aliphatic carbocycles. The Labute approximate surface area is 122 Å². The Balaban J connectivity index is 2.15. The maximum atomic E-state index is 11.1. The predicted octanol–water partition coefficient (Wildman–Crippen LogP) is 2.61. The summed E-state index contributed by atoms with van der Waals surface area (Å²) in [4.78, 5) is 18.3. The van der Waals surface area contributed by atoms with Crippen molar-refractivity contribution >= 4 is 11.5 Å². The van der Waals surface area contributed by atoms with Gasteiger partial charge in [-0.2, -0.15) is 4.98 Å². The molecule has 21 heavy (non-hydrogen) atoms. The van der Waals surface area contributed by atoms with Crippen molar-refractivity contribution in [1.82, 2.24) is 9.97 Å². The molecular formula is C14H16N4O3. The molecule has 2 rings (SSSR count). The fourth-order valence-electron chi connectivity index (χ4n) is 1.96. The second-order valence-corrected chi connectivity index (χ2v) is 4.53. The Hall–Kier alpha value is -2.70. The normalized spacial score (nSPS) is 11.7. The summed E-state index contributed by atoms with van der Waals surface area (Å²) in [6.45, 7) is 2.55. The number of aromatic nitrogens is 2. The molecule has 1 aromatic carbocycles. The lowest BCUT2D eigenvalue weighted by atomic mass is 10.0. The highest BCUT2D eigenvalue weighted by Crippen LogP contribution is 2.30. The summed E-state index contributed by atoms with van der Waals surface area (Å²) in [6.07, 6.45) is 1.24. The number of benzene rings is 1. The minimum atomic E-state index is -0.547. The first-order chi connectivity index (χ1) is 10.1. The van der Waals surface area contributed by atoms with Gasteiger partial charge in [0.2, 0.25) is 5.82 Å². The summed E-state index contributed by atoms with van der Waals surface area (Å²) in [6, 6.07) is 9.90. The second kappa shape index (κ2) is 6.65. The molecule has 0 fully saturated rings. The molecule has 0 aliphatic heterocycles. The lowest BCUT2D eigenvalue weighted by molar-refractivity contribution is -0.385. The third kappa shape index (κ3) is 3.44. The van der Waals surface area contributed by atoms with E-state index in [0.717, 1.165) is 5.56 Å². The van der Waals surface area contributed by atoms with Crippen LogP contribution in [0.25, 0.3) is 0 Å². The average Bonchev–Trinajstić information content (AvgIpc) is 2.52. The van der Waals surface area contributed by atoms with Crippen LogP contribution in [0, 0.1) is 10.1 Å². The number of nitro groups is 1. The molecule has 7 heteroatoms. The van der Waals surface area contributed by atoms with Crippen LogP contribution in [0.4, 0.5) is 11.5 Å². The predicted molar refractivity (Wildman–Crippen MR) is 78.6 cm³/mol. The van der Waals surface area contributed by atoms with E-state index in [4.69, 9.17) is 4.74 Å². The van der Waals surface area contributed by atoms with Crippen LogP contribution in [0.3, 0.4) is 0 Å². The van der Waals surface area contributed by atoms with Gasteiger partial charge in [0.1, 0.15) is 6.33 Å². The first-order valence-electron chi connectivity index (χ1n) is 6.45. The van der Waals surface area contributed by atoms with Crippen LogP contribution in [0.2, 0.25) is 0 Å². The van der Waals surface area contributed by atoms with Crippen LogP contribution in [-0.4, -0.2) is 28.5 Å². The van der Waals surface area contributed by atoms with Crippen molar-refractivity contribution in [2.45, 2.75) is 12.8 Å². The lowest BCUT2D eigenvalue weighted by Crippen LogP contribution is -2.13. The van der Waals surface area contributed by atoms with Gasteiger partial charge in [-0.15, -0.1) is 0 Å². The van der Waals surface area contributed by atoms with E-state index in [0.29, 0.717) is 6.54 Å². The standard InChI is InChI=1S/C14H16N4O3/c1-10(11-6-4-3-5-7-11)8-15-13-12(18(19)20)14(21-2)17-9-16-13/h3-7,9-10H,8H2,1-2H3,(H,15,16,17). The highest BCUT2D eigenvalue weighted by molar-refractivity contribution is 5.61. The van der Waals surface area contributed by atoms with E-state index >= 15 is 0 Å². The Morgan fingerprint density at radius 2 is 2.05 bits per heavy atom. The zero-order chi connectivity index (χ0) is 15.2. The number of anilines is 1. The van der Waals surface area contributed by atoms with Crippen LogP contribution in [0.5, 0.6) is 5.88 Å². The summed E-state index contributed by atoms with van der Waals surface area (Å²) in [5.41, 5.74) is 0.897. The minimum absolute atomic E-state index is 0.0511. The van der Waals surface area contributed by atoms with Crippen molar-refractivity contribution in [3.63, 3.8) is 0 Å². The molecule has 1 atom stereocenters. The summed E-state index contributed by atoms with van der Waals surface area (Å²) in [5.74, 6) is 0.297. The van der Waals surface area contributed by atoms with Gasteiger partial charge < -0.3 is 10.1 Å². The molecule has 0 bridgehead atoms. The van der Waals surface area contributed by atoms with Crippen molar-refractivity contribution in [3.05, 3.63) is 52.3 Å². The summed E-state index contributed by atoms with van der Waals surface area (Å²) < 4.78 is 4.91. The van der Waals surface area contributed by atoms with Crippen LogP contribution in [0.15, 0.2) is 36.7 Å². The Morgan fingerprint density at radius 1 is 1.33 bits per heavy atom. The fraction of sp³-hybridized carbons (Fsp3) is 0.286. The number of ether oxygens (including phenoxy) is 1. The molecule has 0 saturated heterocycles. The van der Waals surface area contributed by atoms with Crippen LogP contribution in [0.1, 0.15) is 18.4 Å². The van der Waals surface area contributed by atoms with Gasteiger partial charge in [-0.25, -0.2) is 4.98 Å². The highest BCUT2D eigenvalue weighted by Gasteiger charge is 2.24. The van der Waals surface area contributed by atoms with Crippen molar-refractivity contribution < 1.29 is 9.66 Å². The third-order valence-electron chi connectivity index (χ3n) is 3.11. The second-order valence-electron chi connectivity index (χ2n) is 4.53. The summed E-state index contributed by atoms with van der Waals surface area (Å²) >= 11 is 0. The van der Waals surface area contributed by atoms with Gasteiger partial charge in [0.15, 0.2) is 0 Å². The first kappa shape index (κ1) is 14.7. The molecule has 7 nitrogen and oxygen atoms in total. The summed E-state index contributed by atoms with van der Waals surface area (Å²) in [7, 11) is 1.34. The SMILES string of the molecule is COc1ncnc(NCC(C)c2ccccc2)c1[N+](=O)[O-]. The fourth-order valence-corrected chi connectivity index (χ4v) is 1.96. The van der Waals surface area contributed by atoms with Gasteiger partial charge in [-0.3, -0.25) is 10.1 Å². The van der Waals surface area contributed by atoms with E-state index in [9.17, 15) is 10.1 Å². The minimum Gasteiger partial charge on any atom is -0.476 e. The Kier molecular flexibility index (Phi) is 4.65. The average molecular weight is 288 g/mol. The molecular weight excluding hydrogens is 272 g/mol. The number of rotatable bonds is 6. The van der Waals surface area contributed by atoms with Crippen molar-refractivity contribution in [3.8, 4) is 5.88 Å². The molecule has 1 unspecified atom stereocenters.